The van der Waals surface area contributed by atoms with Crippen molar-refractivity contribution in [1.82, 2.24) is 9.55 Å². The SMILES string of the molecule is CC[C@@H](Sc1nc2cc(OC)c(OC)cc2c(=O)n1Cc1ccc(OC)cc1)C(=O)Nc1cccc(OC)c1. The van der Waals surface area contributed by atoms with Crippen LogP contribution in [0.4, 0.5) is 5.69 Å². The number of hydrogen-bond acceptors (Lipinski definition) is 8. The molecule has 0 aliphatic heterocycles. The fraction of sp³-hybridized carbons (Fsp3) is 0.276. The van der Waals surface area contributed by atoms with Crippen molar-refractivity contribution in [2.75, 3.05) is 33.8 Å². The standard InChI is InChI=1S/C29H31N3O6S/c1-6-26(27(33)30-19-8-7-9-21(14-19)36-3)39-29-31-23-16-25(38-5)24(37-4)15-22(23)28(34)32(29)17-18-10-12-20(35-2)13-11-18/h7-16,26H,6,17H2,1-5H3,(H,30,33)/t26-/m1/s1. The first-order valence-corrected chi connectivity index (χ1v) is 13.2. The van der Waals surface area contributed by atoms with Crippen molar-refractivity contribution < 1.29 is 23.7 Å². The second kappa shape index (κ2) is 12.6. The fourth-order valence-corrected chi connectivity index (χ4v) is 5.06. The summed E-state index contributed by atoms with van der Waals surface area (Å²) in [6, 6.07) is 17.9. The fourth-order valence-electron chi connectivity index (χ4n) is 4.04. The van der Waals surface area contributed by atoms with Crippen LogP contribution in [0.1, 0.15) is 18.9 Å². The van der Waals surface area contributed by atoms with Gasteiger partial charge in [-0.25, -0.2) is 4.98 Å². The predicted molar refractivity (Wildman–Crippen MR) is 153 cm³/mol. The third kappa shape index (κ3) is 6.28. The van der Waals surface area contributed by atoms with E-state index in [1.807, 2.05) is 43.3 Å². The molecule has 1 atom stereocenters. The molecule has 1 heterocycles. The Morgan fingerprint density at radius 3 is 2.26 bits per heavy atom. The van der Waals surface area contributed by atoms with Gasteiger partial charge in [-0.15, -0.1) is 0 Å². The molecule has 10 heteroatoms. The molecule has 204 valence electrons. The number of rotatable bonds is 11. The second-order valence-electron chi connectivity index (χ2n) is 8.59. The average Bonchev–Trinajstić information content (AvgIpc) is 2.97. The molecular formula is C29H31N3O6S. The van der Waals surface area contributed by atoms with Gasteiger partial charge in [-0.2, -0.15) is 0 Å². The summed E-state index contributed by atoms with van der Waals surface area (Å²) in [6.45, 7) is 2.18. The van der Waals surface area contributed by atoms with Crippen LogP contribution in [0.15, 0.2) is 70.6 Å². The van der Waals surface area contributed by atoms with E-state index >= 15 is 0 Å². The van der Waals surface area contributed by atoms with Crippen molar-refractivity contribution in [1.29, 1.82) is 0 Å². The van der Waals surface area contributed by atoms with Crippen LogP contribution in [0.3, 0.4) is 0 Å². The highest BCUT2D eigenvalue weighted by molar-refractivity contribution is 8.00. The largest absolute Gasteiger partial charge is 0.497 e. The van der Waals surface area contributed by atoms with Crippen molar-refractivity contribution >= 4 is 34.3 Å². The lowest BCUT2D eigenvalue weighted by Crippen LogP contribution is -2.28. The van der Waals surface area contributed by atoms with E-state index in [4.69, 9.17) is 23.9 Å². The minimum absolute atomic E-state index is 0.201. The number of carbonyl (C=O) groups excluding carboxylic acids is 1. The number of benzene rings is 3. The lowest BCUT2D eigenvalue weighted by atomic mass is 10.2. The van der Waals surface area contributed by atoms with E-state index in [2.05, 4.69) is 5.32 Å². The minimum atomic E-state index is -0.511. The van der Waals surface area contributed by atoms with Crippen LogP contribution in [0.2, 0.25) is 0 Å². The van der Waals surface area contributed by atoms with Gasteiger partial charge in [0.05, 0.1) is 51.1 Å². The summed E-state index contributed by atoms with van der Waals surface area (Å²) in [5.41, 5.74) is 1.71. The first-order valence-electron chi connectivity index (χ1n) is 12.3. The number of ether oxygens (including phenoxy) is 4. The van der Waals surface area contributed by atoms with Crippen LogP contribution in [0.25, 0.3) is 10.9 Å². The van der Waals surface area contributed by atoms with Crippen LogP contribution in [0.5, 0.6) is 23.0 Å². The van der Waals surface area contributed by atoms with E-state index in [1.165, 1.54) is 26.0 Å². The molecule has 0 unspecified atom stereocenters. The normalized spacial score (nSPS) is 11.6. The number of fused-ring (bicyclic) bond motifs is 1. The number of methoxy groups -OCH3 is 4. The van der Waals surface area contributed by atoms with E-state index in [0.717, 1.165) is 11.3 Å². The van der Waals surface area contributed by atoms with Crippen LogP contribution in [0, 0.1) is 0 Å². The Bertz CT molecular complexity index is 1520. The molecule has 0 radical (unpaired) electrons. The Morgan fingerprint density at radius 2 is 1.62 bits per heavy atom. The third-order valence-electron chi connectivity index (χ3n) is 6.17. The molecule has 0 aliphatic rings. The summed E-state index contributed by atoms with van der Waals surface area (Å²) in [5, 5.41) is 3.25. The topological polar surface area (TPSA) is 101 Å². The van der Waals surface area contributed by atoms with Crippen molar-refractivity contribution in [3.63, 3.8) is 0 Å². The van der Waals surface area contributed by atoms with Gasteiger partial charge < -0.3 is 24.3 Å². The molecular weight excluding hydrogens is 518 g/mol. The summed E-state index contributed by atoms with van der Waals surface area (Å²) in [5.74, 6) is 2.05. The predicted octanol–water partition coefficient (Wildman–Crippen LogP) is 4.99. The number of nitrogens with one attached hydrogen (secondary N) is 1. The number of amides is 1. The number of nitrogens with zero attached hydrogens (tertiary/aromatic N) is 2. The van der Waals surface area contributed by atoms with Gasteiger partial charge in [0.2, 0.25) is 5.91 Å². The highest BCUT2D eigenvalue weighted by atomic mass is 32.2. The summed E-state index contributed by atoms with van der Waals surface area (Å²) >= 11 is 1.24. The van der Waals surface area contributed by atoms with Gasteiger partial charge in [-0.05, 0) is 42.3 Å². The van der Waals surface area contributed by atoms with E-state index in [9.17, 15) is 9.59 Å². The number of hydrogen-bond donors (Lipinski definition) is 1. The Balaban J connectivity index is 1.75. The van der Waals surface area contributed by atoms with Gasteiger partial charge in [-0.3, -0.25) is 14.2 Å². The summed E-state index contributed by atoms with van der Waals surface area (Å²) in [4.78, 5) is 31.9. The molecule has 4 rings (SSSR count). The van der Waals surface area contributed by atoms with Crippen LogP contribution >= 0.6 is 11.8 Å². The molecule has 0 bridgehead atoms. The van der Waals surface area contributed by atoms with E-state index in [-0.39, 0.29) is 18.0 Å². The zero-order chi connectivity index (χ0) is 27.9. The average molecular weight is 550 g/mol. The van der Waals surface area contributed by atoms with Gasteiger partial charge in [0.25, 0.3) is 5.56 Å². The Labute approximate surface area is 231 Å². The maximum absolute atomic E-state index is 13.8. The monoisotopic (exact) mass is 549 g/mol. The molecule has 0 spiro atoms. The number of aromatic nitrogens is 2. The Hall–Kier alpha value is -4.18. The molecule has 0 aliphatic carbocycles. The third-order valence-corrected chi connectivity index (χ3v) is 7.53. The first-order chi connectivity index (χ1) is 18.9. The number of thioether (sulfide) groups is 1. The molecule has 0 saturated heterocycles. The molecule has 9 nitrogen and oxygen atoms in total. The molecule has 1 amide bonds. The van der Waals surface area contributed by atoms with Crippen molar-refractivity contribution in [2.45, 2.75) is 30.3 Å². The van der Waals surface area contributed by atoms with Crippen molar-refractivity contribution in [2.24, 2.45) is 0 Å². The zero-order valence-corrected chi connectivity index (χ0v) is 23.3. The molecule has 0 fully saturated rings. The summed E-state index contributed by atoms with van der Waals surface area (Å²) < 4.78 is 23.0. The second-order valence-corrected chi connectivity index (χ2v) is 9.76. The van der Waals surface area contributed by atoms with Crippen LogP contribution in [-0.4, -0.2) is 49.1 Å². The van der Waals surface area contributed by atoms with Crippen LogP contribution in [-0.2, 0) is 11.3 Å². The Morgan fingerprint density at radius 1 is 0.923 bits per heavy atom. The van der Waals surface area contributed by atoms with Gasteiger partial charge in [0.1, 0.15) is 11.5 Å². The number of anilines is 1. The molecule has 39 heavy (non-hydrogen) atoms. The van der Waals surface area contributed by atoms with Gasteiger partial charge in [0.15, 0.2) is 16.7 Å². The van der Waals surface area contributed by atoms with E-state index < -0.39 is 5.25 Å². The van der Waals surface area contributed by atoms with E-state index in [1.54, 1.807) is 43.1 Å². The zero-order valence-electron chi connectivity index (χ0n) is 22.5. The minimum Gasteiger partial charge on any atom is -0.497 e. The van der Waals surface area contributed by atoms with E-state index in [0.29, 0.717) is 45.4 Å². The van der Waals surface area contributed by atoms with Crippen LogP contribution < -0.4 is 29.8 Å². The summed E-state index contributed by atoms with van der Waals surface area (Å²) in [7, 11) is 6.22. The number of carbonyl (C=O) groups is 1. The molecule has 0 saturated carbocycles. The Kier molecular flexibility index (Phi) is 8.98. The maximum atomic E-state index is 13.8. The smallest absolute Gasteiger partial charge is 0.262 e. The lowest BCUT2D eigenvalue weighted by Gasteiger charge is -2.19. The first kappa shape index (κ1) is 27.8. The van der Waals surface area contributed by atoms with Gasteiger partial charge in [-0.1, -0.05) is 36.9 Å². The van der Waals surface area contributed by atoms with Crippen molar-refractivity contribution in [3.8, 4) is 23.0 Å². The quantitative estimate of drug-likeness (QED) is 0.206. The molecule has 4 aromatic rings. The maximum Gasteiger partial charge on any atom is 0.262 e. The lowest BCUT2D eigenvalue weighted by molar-refractivity contribution is -0.115. The highest BCUT2D eigenvalue weighted by Crippen LogP contribution is 2.32. The van der Waals surface area contributed by atoms with Gasteiger partial charge >= 0.3 is 0 Å². The van der Waals surface area contributed by atoms with Crippen molar-refractivity contribution in [3.05, 3.63) is 76.6 Å². The molecule has 1 aromatic heterocycles. The molecule has 3 aromatic carbocycles. The van der Waals surface area contributed by atoms with Gasteiger partial charge in [0, 0.05) is 17.8 Å². The molecule has 1 N–H and O–H groups in total. The highest BCUT2D eigenvalue weighted by Gasteiger charge is 2.23. The summed E-state index contributed by atoms with van der Waals surface area (Å²) in [6.07, 6.45) is 0.517.